The smallest absolute Gasteiger partial charge is 0.197 e. The molecule has 0 amide bonds. The van der Waals surface area contributed by atoms with E-state index in [0.717, 1.165) is 0 Å². The first-order valence-electron chi connectivity index (χ1n) is 5.96. The number of hydrogen-bond acceptors (Lipinski definition) is 2. The Morgan fingerprint density at radius 1 is 1.10 bits per heavy atom. The molecule has 0 radical (unpaired) electrons. The zero-order chi connectivity index (χ0) is 14.7. The summed E-state index contributed by atoms with van der Waals surface area (Å²) in [4.78, 5) is 12.3. The zero-order valence-electron chi connectivity index (χ0n) is 10.6. The summed E-state index contributed by atoms with van der Waals surface area (Å²) in [6, 6.07) is 8.74. The van der Waals surface area contributed by atoms with E-state index in [2.05, 4.69) is 0 Å². The van der Waals surface area contributed by atoms with Crippen LogP contribution in [0.15, 0.2) is 36.4 Å². The Bertz CT molecular complexity index is 656. The molecular formula is C15H11Cl2FO2. The molecule has 0 unspecified atom stereocenters. The molecule has 20 heavy (non-hydrogen) atoms. The first-order valence-corrected chi connectivity index (χ1v) is 6.71. The van der Waals surface area contributed by atoms with E-state index in [9.17, 15) is 9.18 Å². The van der Waals surface area contributed by atoms with Crippen LogP contribution in [0.2, 0.25) is 10.0 Å². The molecule has 0 aromatic heterocycles. The maximum absolute atomic E-state index is 13.6. The molecule has 104 valence electrons. The van der Waals surface area contributed by atoms with Crippen LogP contribution in [0.25, 0.3) is 0 Å². The van der Waals surface area contributed by atoms with E-state index >= 15 is 0 Å². The van der Waals surface area contributed by atoms with Gasteiger partial charge in [-0.15, -0.1) is 0 Å². The summed E-state index contributed by atoms with van der Waals surface area (Å²) in [6.07, 6.45) is 0. The first kappa shape index (κ1) is 14.8. The molecule has 0 saturated carbocycles. The minimum Gasteiger partial charge on any atom is -0.492 e. The second-order valence-corrected chi connectivity index (χ2v) is 4.74. The average Bonchev–Trinajstić information content (AvgIpc) is 2.44. The van der Waals surface area contributed by atoms with E-state index in [-0.39, 0.29) is 21.2 Å². The number of rotatable bonds is 4. The van der Waals surface area contributed by atoms with Crippen molar-refractivity contribution in [2.45, 2.75) is 6.92 Å². The molecule has 0 atom stereocenters. The van der Waals surface area contributed by atoms with Gasteiger partial charge in [0.1, 0.15) is 16.6 Å². The molecule has 2 aromatic rings. The third-order valence-corrected chi connectivity index (χ3v) is 3.57. The molecule has 0 heterocycles. The van der Waals surface area contributed by atoms with E-state index < -0.39 is 11.6 Å². The number of carbonyl (C=O) groups is 1. The van der Waals surface area contributed by atoms with Gasteiger partial charge in [-0.1, -0.05) is 35.3 Å². The molecule has 2 nitrogen and oxygen atoms in total. The predicted octanol–water partition coefficient (Wildman–Crippen LogP) is 4.76. The molecule has 0 spiro atoms. The van der Waals surface area contributed by atoms with Crippen LogP contribution in [0.1, 0.15) is 22.8 Å². The first-order chi connectivity index (χ1) is 9.56. The van der Waals surface area contributed by atoms with Crippen molar-refractivity contribution < 1.29 is 13.9 Å². The van der Waals surface area contributed by atoms with Crippen LogP contribution in [0.4, 0.5) is 4.39 Å². The molecule has 5 heteroatoms. The van der Waals surface area contributed by atoms with Crippen molar-refractivity contribution in [1.29, 1.82) is 0 Å². The van der Waals surface area contributed by atoms with Crippen molar-refractivity contribution in [3.63, 3.8) is 0 Å². The van der Waals surface area contributed by atoms with Gasteiger partial charge >= 0.3 is 0 Å². The summed E-state index contributed by atoms with van der Waals surface area (Å²) < 4.78 is 18.9. The molecule has 0 bridgehead atoms. The molecule has 0 saturated heterocycles. The zero-order valence-corrected chi connectivity index (χ0v) is 12.1. The van der Waals surface area contributed by atoms with Crippen LogP contribution in [-0.4, -0.2) is 12.4 Å². The van der Waals surface area contributed by atoms with Gasteiger partial charge in [0.05, 0.1) is 17.2 Å². The molecule has 0 fully saturated rings. The van der Waals surface area contributed by atoms with Gasteiger partial charge in [0.25, 0.3) is 0 Å². The van der Waals surface area contributed by atoms with E-state index in [4.69, 9.17) is 27.9 Å². The summed E-state index contributed by atoms with van der Waals surface area (Å²) in [7, 11) is 0. The molecule has 0 aliphatic carbocycles. The Hall–Kier alpha value is -1.58. The van der Waals surface area contributed by atoms with Gasteiger partial charge in [-0.25, -0.2) is 4.39 Å². The summed E-state index contributed by atoms with van der Waals surface area (Å²) in [5.41, 5.74) is 0.0971. The number of ether oxygens (including phenoxy) is 1. The topological polar surface area (TPSA) is 26.3 Å². The highest BCUT2D eigenvalue weighted by Crippen LogP contribution is 2.35. The van der Waals surface area contributed by atoms with Gasteiger partial charge < -0.3 is 4.74 Å². The molecule has 0 aliphatic heterocycles. The van der Waals surface area contributed by atoms with Crippen molar-refractivity contribution in [3.05, 3.63) is 63.4 Å². The Labute approximate surface area is 126 Å². The third kappa shape index (κ3) is 2.79. The van der Waals surface area contributed by atoms with Gasteiger partial charge in [0, 0.05) is 5.56 Å². The minimum absolute atomic E-state index is 0.0466. The lowest BCUT2D eigenvalue weighted by Gasteiger charge is -2.10. The fraction of sp³-hybridized carbons (Fsp3) is 0.133. The molecule has 2 rings (SSSR count). The number of ketones is 1. The SMILES string of the molecule is CCOc1ccc(C(=O)c2ccccc2F)c(Cl)c1Cl. The van der Waals surface area contributed by atoms with Gasteiger partial charge in [0.2, 0.25) is 0 Å². The quantitative estimate of drug-likeness (QED) is 0.761. The number of carbonyl (C=O) groups excluding carboxylic acids is 1. The number of benzene rings is 2. The van der Waals surface area contributed by atoms with Gasteiger partial charge in [-0.05, 0) is 31.2 Å². The van der Waals surface area contributed by atoms with Crippen LogP contribution in [0, 0.1) is 5.82 Å². The minimum atomic E-state index is -0.599. The van der Waals surface area contributed by atoms with Gasteiger partial charge in [0.15, 0.2) is 5.78 Å². The van der Waals surface area contributed by atoms with Crippen molar-refractivity contribution in [2.75, 3.05) is 6.61 Å². The highest BCUT2D eigenvalue weighted by Gasteiger charge is 2.20. The summed E-state index contributed by atoms with van der Waals surface area (Å²) >= 11 is 12.1. The van der Waals surface area contributed by atoms with E-state index in [0.29, 0.717) is 12.4 Å². The van der Waals surface area contributed by atoms with E-state index in [1.54, 1.807) is 12.1 Å². The van der Waals surface area contributed by atoms with E-state index in [1.807, 2.05) is 6.92 Å². The molecule has 0 aliphatic rings. The summed E-state index contributed by atoms with van der Waals surface area (Å²) in [5, 5.41) is 0.210. The Morgan fingerprint density at radius 2 is 1.80 bits per heavy atom. The van der Waals surface area contributed by atoms with Crippen molar-refractivity contribution in [1.82, 2.24) is 0 Å². The van der Waals surface area contributed by atoms with Gasteiger partial charge in [-0.3, -0.25) is 4.79 Å². The largest absolute Gasteiger partial charge is 0.492 e. The lowest BCUT2D eigenvalue weighted by molar-refractivity contribution is 0.103. The van der Waals surface area contributed by atoms with Crippen molar-refractivity contribution >= 4 is 29.0 Å². The Morgan fingerprint density at radius 3 is 2.45 bits per heavy atom. The Kier molecular flexibility index (Phi) is 4.63. The fourth-order valence-corrected chi connectivity index (χ4v) is 2.23. The standard InChI is InChI=1S/C15H11Cl2FO2/c1-2-20-12-8-7-10(13(16)14(12)17)15(19)9-5-3-4-6-11(9)18/h3-8H,2H2,1H3. The predicted molar refractivity (Wildman–Crippen MR) is 77.5 cm³/mol. The highest BCUT2D eigenvalue weighted by atomic mass is 35.5. The lowest BCUT2D eigenvalue weighted by atomic mass is 10.0. The highest BCUT2D eigenvalue weighted by molar-refractivity contribution is 6.45. The average molecular weight is 313 g/mol. The normalized spacial score (nSPS) is 10.4. The summed E-state index contributed by atoms with van der Waals surface area (Å²) in [5.74, 6) is -0.721. The monoisotopic (exact) mass is 312 g/mol. The lowest BCUT2D eigenvalue weighted by Crippen LogP contribution is -2.05. The second kappa shape index (κ2) is 6.25. The van der Waals surface area contributed by atoms with Crippen LogP contribution in [0.5, 0.6) is 5.75 Å². The van der Waals surface area contributed by atoms with Crippen molar-refractivity contribution in [2.24, 2.45) is 0 Å². The van der Waals surface area contributed by atoms with Crippen LogP contribution >= 0.6 is 23.2 Å². The maximum atomic E-state index is 13.6. The summed E-state index contributed by atoms with van der Waals surface area (Å²) in [6.45, 7) is 2.24. The van der Waals surface area contributed by atoms with Crippen LogP contribution < -0.4 is 4.74 Å². The molecule has 2 aromatic carbocycles. The maximum Gasteiger partial charge on any atom is 0.197 e. The molecule has 0 N–H and O–H groups in total. The van der Waals surface area contributed by atoms with E-state index in [1.165, 1.54) is 24.3 Å². The number of halogens is 3. The number of hydrogen-bond donors (Lipinski definition) is 0. The van der Waals surface area contributed by atoms with Crippen molar-refractivity contribution in [3.8, 4) is 5.75 Å². The van der Waals surface area contributed by atoms with Gasteiger partial charge in [-0.2, -0.15) is 0 Å². The molecular weight excluding hydrogens is 302 g/mol. The fourth-order valence-electron chi connectivity index (χ4n) is 1.76. The third-order valence-electron chi connectivity index (χ3n) is 2.71. The van der Waals surface area contributed by atoms with Crippen LogP contribution in [-0.2, 0) is 0 Å². The Balaban J connectivity index is 2.46. The second-order valence-electron chi connectivity index (χ2n) is 3.98. The van der Waals surface area contributed by atoms with Crippen LogP contribution in [0.3, 0.4) is 0 Å².